The molecule has 18 heavy (non-hydrogen) atoms. The van der Waals surface area contributed by atoms with Crippen LogP contribution in [0.25, 0.3) is 11.5 Å². The highest BCUT2D eigenvalue weighted by Gasteiger charge is 2.10. The topological polar surface area (TPSA) is 50.7 Å². The van der Waals surface area contributed by atoms with E-state index < -0.39 is 0 Å². The van der Waals surface area contributed by atoms with Crippen molar-refractivity contribution >= 4 is 37.7 Å². The molecule has 0 fully saturated rings. The van der Waals surface area contributed by atoms with Crippen LogP contribution in [-0.2, 0) is 0 Å². The molecule has 2 rings (SSSR count). The van der Waals surface area contributed by atoms with Crippen LogP contribution in [0, 0.1) is 6.92 Å². The summed E-state index contributed by atoms with van der Waals surface area (Å²) in [6.07, 6.45) is 1.73. The fourth-order valence-corrected chi connectivity index (χ4v) is 2.69. The fourth-order valence-electron chi connectivity index (χ4n) is 1.53. The highest BCUT2D eigenvalue weighted by atomic mass is 79.9. The van der Waals surface area contributed by atoms with Crippen LogP contribution in [0.3, 0.4) is 0 Å². The standard InChI is InChI=1S/C12H12Br2N4/c1-3-15-10-4-7(2)17-12(18-10)11-9(14)5-8(13)6-16-11/h4-6H,3H2,1-2H3,(H,15,17,18). The Hall–Kier alpha value is -1.01. The molecular weight excluding hydrogens is 360 g/mol. The summed E-state index contributed by atoms with van der Waals surface area (Å²) in [5.74, 6) is 1.43. The molecule has 0 amide bonds. The molecule has 0 atom stereocenters. The number of anilines is 1. The maximum Gasteiger partial charge on any atom is 0.181 e. The minimum Gasteiger partial charge on any atom is -0.370 e. The molecule has 0 spiro atoms. The molecule has 94 valence electrons. The van der Waals surface area contributed by atoms with E-state index in [0.717, 1.165) is 32.7 Å². The van der Waals surface area contributed by atoms with Gasteiger partial charge in [-0.25, -0.2) is 9.97 Å². The van der Waals surface area contributed by atoms with Crippen molar-refractivity contribution in [1.82, 2.24) is 15.0 Å². The number of aromatic nitrogens is 3. The van der Waals surface area contributed by atoms with E-state index in [9.17, 15) is 0 Å². The first-order valence-corrected chi connectivity index (χ1v) is 7.09. The van der Waals surface area contributed by atoms with Crippen LogP contribution in [0.4, 0.5) is 5.82 Å². The van der Waals surface area contributed by atoms with E-state index in [-0.39, 0.29) is 0 Å². The van der Waals surface area contributed by atoms with Gasteiger partial charge in [0.25, 0.3) is 0 Å². The van der Waals surface area contributed by atoms with E-state index in [1.54, 1.807) is 6.20 Å². The summed E-state index contributed by atoms with van der Waals surface area (Å²) >= 11 is 6.86. The van der Waals surface area contributed by atoms with Crippen LogP contribution >= 0.6 is 31.9 Å². The molecule has 1 N–H and O–H groups in total. The van der Waals surface area contributed by atoms with Gasteiger partial charge in [-0.15, -0.1) is 0 Å². The van der Waals surface area contributed by atoms with Gasteiger partial charge >= 0.3 is 0 Å². The van der Waals surface area contributed by atoms with Crippen LogP contribution in [-0.4, -0.2) is 21.5 Å². The zero-order valence-corrected chi connectivity index (χ0v) is 13.2. The minimum atomic E-state index is 0.616. The number of hydrogen-bond donors (Lipinski definition) is 1. The van der Waals surface area contributed by atoms with Gasteiger partial charge in [-0.3, -0.25) is 4.98 Å². The average Bonchev–Trinajstić information content (AvgIpc) is 2.28. The first-order valence-electron chi connectivity index (χ1n) is 5.51. The average molecular weight is 372 g/mol. The summed E-state index contributed by atoms with van der Waals surface area (Å²) in [6, 6.07) is 3.85. The molecular formula is C12H12Br2N4. The molecule has 0 aliphatic rings. The third kappa shape index (κ3) is 3.05. The third-order valence-electron chi connectivity index (χ3n) is 2.23. The summed E-state index contributed by atoms with van der Waals surface area (Å²) in [5.41, 5.74) is 1.65. The van der Waals surface area contributed by atoms with E-state index >= 15 is 0 Å². The fraction of sp³-hybridized carbons (Fsp3) is 0.250. The van der Waals surface area contributed by atoms with Crippen molar-refractivity contribution in [3.8, 4) is 11.5 Å². The molecule has 4 nitrogen and oxygen atoms in total. The van der Waals surface area contributed by atoms with E-state index in [4.69, 9.17) is 0 Å². The Morgan fingerprint density at radius 3 is 2.67 bits per heavy atom. The second-order valence-electron chi connectivity index (χ2n) is 3.73. The van der Waals surface area contributed by atoms with Crippen molar-refractivity contribution < 1.29 is 0 Å². The van der Waals surface area contributed by atoms with Gasteiger partial charge in [-0.2, -0.15) is 0 Å². The summed E-state index contributed by atoms with van der Waals surface area (Å²) in [4.78, 5) is 13.2. The van der Waals surface area contributed by atoms with Crippen molar-refractivity contribution in [2.24, 2.45) is 0 Å². The van der Waals surface area contributed by atoms with E-state index in [0.29, 0.717) is 5.82 Å². The molecule has 2 aromatic heterocycles. The molecule has 2 heterocycles. The van der Waals surface area contributed by atoms with Gasteiger partial charge < -0.3 is 5.32 Å². The first kappa shape index (κ1) is 13.4. The van der Waals surface area contributed by atoms with E-state index in [2.05, 4.69) is 52.1 Å². The number of aryl methyl sites for hydroxylation is 1. The number of halogens is 2. The Balaban J connectivity index is 2.49. The van der Waals surface area contributed by atoms with Gasteiger partial charge in [0.15, 0.2) is 5.82 Å². The molecule has 0 aliphatic carbocycles. The second kappa shape index (κ2) is 5.75. The Morgan fingerprint density at radius 1 is 1.22 bits per heavy atom. The van der Waals surface area contributed by atoms with Crippen LogP contribution in [0.2, 0.25) is 0 Å². The number of pyridine rings is 1. The number of hydrogen-bond acceptors (Lipinski definition) is 4. The summed E-state index contributed by atoms with van der Waals surface area (Å²) in [6.45, 7) is 4.80. The van der Waals surface area contributed by atoms with Gasteiger partial charge in [0.1, 0.15) is 11.5 Å². The highest BCUT2D eigenvalue weighted by Crippen LogP contribution is 2.27. The number of nitrogens with zero attached hydrogens (tertiary/aromatic N) is 3. The largest absolute Gasteiger partial charge is 0.370 e. The molecule has 0 bridgehead atoms. The lowest BCUT2D eigenvalue weighted by molar-refractivity contribution is 1.06. The number of nitrogens with one attached hydrogen (secondary N) is 1. The maximum absolute atomic E-state index is 4.45. The van der Waals surface area contributed by atoms with E-state index in [1.807, 2.05) is 26.0 Å². The molecule has 0 saturated heterocycles. The highest BCUT2D eigenvalue weighted by molar-refractivity contribution is 9.11. The summed E-state index contributed by atoms with van der Waals surface area (Å²) < 4.78 is 1.78. The lowest BCUT2D eigenvalue weighted by Crippen LogP contribution is -2.03. The van der Waals surface area contributed by atoms with Crippen molar-refractivity contribution in [2.75, 3.05) is 11.9 Å². The van der Waals surface area contributed by atoms with Gasteiger partial charge in [0.05, 0.1) is 0 Å². The van der Waals surface area contributed by atoms with Crippen molar-refractivity contribution in [1.29, 1.82) is 0 Å². The third-order valence-corrected chi connectivity index (χ3v) is 3.27. The monoisotopic (exact) mass is 370 g/mol. The SMILES string of the molecule is CCNc1cc(C)nc(-c2ncc(Br)cc2Br)n1. The van der Waals surface area contributed by atoms with Gasteiger partial charge in [0, 0.05) is 33.4 Å². The Labute approximate surface area is 123 Å². The zero-order chi connectivity index (χ0) is 13.1. The van der Waals surface area contributed by atoms with Gasteiger partial charge in [-0.05, 0) is 51.8 Å². The lowest BCUT2D eigenvalue weighted by Gasteiger charge is -2.07. The molecule has 0 saturated carbocycles. The smallest absolute Gasteiger partial charge is 0.181 e. The molecule has 6 heteroatoms. The van der Waals surface area contributed by atoms with Crippen LogP contribution in [0.5, 0.6) is 0 Å². The van der Waals surface area contributed by atoms with Gasteiger partial charge in [-0.1, -0.05) is 0 Å². The van der Waals surface area contributed by atoms with E-state index in [1.165, 1.54) is 0 Å². The van der Waals surface area contributed by atoms with Crippen LogP contribution in [0.1, 0.15) is 12.6 Å². The Kier molecular flexibility index (Phi) is 4.29. The second-order valence-corrected chi connectivity index (χ2v) is 5.50. The van der Waals surface area contributed by atoms with Crippen molar-refractivity contribution in [3.63, 3.8) is 0 Å². The zero-order valence-electron chi connectivity index (χ0n) is 10.0. The molecule has 0 unspecified atom stereocenters. The quantitative estimate of drug-likeness (QED) is 0.891. The van der Waals surface area contributed by atoms with Crippen molar-refractivity contribution in [2.45, 2.75) is 13.8 Å². The molecule has 0 aromatic carbocycles. The summed E-state index contributed by atoms with van der Waals surface area (Å²) in [5, 5.41) is 3.19. The molecule has 0 aliphatic heterocycles. The van der Waals surface area contributed by atoms with Crippen LogP contribution < -0.4 is 5.32 Å². The van der Waals surface area contributed by atoms with Crippen LogP contribution in [0.15, 0.2) is 27.3 Å². The predicted octanol–water partition coefficient (Wildman–Crippen LogP) is 3.80. The Morgan fingerprint density at radius 2 is 2.00 bits per heavy atom. The summed E-state index contributed by atoms with van der Waals surface area (Å²) in [7, 11) is 0. The van der Waals surface area contributed by atoms with Crippen molar-refractivity contribution in [3.05, 3.63) is 33.0 Å². The minimum absolute atomic E-state index is 0.616. The maximum atomic E-state index is 4.45. The van der Waals surface area contributed by atoms with Gasteiger partial charge in [0.2, 0.25) is 0 Å². The lowest BCUT2D eigenvalue weighted by atomic mass is 10.3. The Bertz CT molecular complexity index is 572. The first-order chi connectivity index (χ1) is 8.60. The number of rotatable bonds is 3. The predicted molar refractivity (Wildman–Crippen MR) is 79.6 cm³/mol. The molecule has 2 aromatic rings. The normalized spacial score (nSPS) is 10.4. The molecule has 0 radical (unpaired) electrons.